The second-order valence-corrected chi connectivity index (χ2v) is 5.36. The third-order valence-electron chi connectivity index (χ3n) is 2.83. The van der Waals surface area contributed by atoms with E-state index in [0.717, 1.165) is 5.56 Å². The lowest BCUT2D eigenvalue weighted by Gasteiger charge is -2.06. The number of benzene rings is 2. The Morgan fingerprint density at radius 3 is 2.59 bits per heavy atom. The van der Waals surface area contributed by atoms with Crippen LogP contribution in [-0.2, 0) is 11.2 Å². The third-order valence-corrected chi connectivity index (χ3v) is 3.27. The van der Waals surface area contributed by atoms with Crippen LogP contribution >= 0.6 is 23.2 Å². The Bertz CT molecular complexity index is 682. The molecule has 2 aromatic carbocycles. The maximum absolute atomic E-state index is 11.9. The lowest BCUT2D eigenvalue weighted by molar-refractivity contribution is -0.120. The Hall–Kier alpha value is -2.04. The normalized spacial score (nSPS) is 10.7. The number of hydrogen-bond acceptors (Lipinski definition) is 3. The standard InChI is InChI=1S/C16H14Cl2N2O2/c1-22-15-5-3-2-4-12(15)8-16(21)20-19-10-11-6-13(17)9-14(18)7-11/h2-7,9-10H,8H2,1H3,(H,20,21)/b19-10+. The van der Waals surface area contributed by atoms with E-state index in [1.54, 1.807) is 31.4 Å². The van der Waals surface area contributed by atoms with Crippen LogP contribution in [0.3, 0.4) is 0 Å². The monoisotopic (exact) mass is 336 g/mol. The molecule has 2 aromatic rings. The van der Waals surface area contributed by atoms with Crippen LogP contribution in [0.2, 0.25) is 10.0 Å². The Kier molecular flexibility index (Phi) is 5.81. The molecule has 0 aliphatic carbocycles. The fourth-order valence-corrected chi connectivity index (χ4v) is 2.43. The fourth-order valence-electron chi connectivity index (χ4n) is 1.89. The van der Waals surface area contributed by atoms with E-state index < -0.39 is 0 Å². The molecule has 0 aliphatic rings. The number of nitrogens with one attached hydrogen (secondary N) is 1. The highest BCUT2D eigenvalue weighted by atomic mass is 35.5. The molecule has 0 bridgehead atoms. The summed E-state index contributed by atoms with van der Waals surface area (Å²) in [7, 11) is 1.57. The van der Waals surface area contributed by atoms with Gasteiger partial charge in [0.1, 0.15) is 5.75 Å². The first kappa shape index (κ1) is 16.3. The van der Waals surface area contributed by atoms with Crippen LogP contribution in [0.15, 0.2) is 47.6 Å². The number of methoxy groups -OCH3 is 1. The van der Waals surface area contributed by atoms with Crippen molar-refractivity contribution in [2.75, 3.05) is 7.11 Å². The summed E-state index contributed by atoms with van der Waals surface area (Å²) in [6.45, 7) is 0. The molecule has 0 atom stereocenters. The van der Waals surface area contributed by atoms with Gasteiger partial charge in [0.15, 0.2) is 0 Å². The number of rotatable bonds is 5. The maximum Gasteiger partial charge on any atom is 0.244 e. The molecule has 0 unspecified atom stereocenters. The van der Waals surface area contributed by atoms with Crippen LogP contribution < -0.4 is 10.2 Å². The number of halogens is 2. The molecule has 0 fully saturated rings. The molecule has 0 spiro atoms. The SMILES string of the molecule is COc1ccccc1CC(=O)N/N=C/c1cc(Cl)cc(Cl)c1. The Balaban J connectivity index is 1.96. The third kappa shape index (κ3) is 4.76. The minimum absolute atomic E-state index is 0.178. The molecule has 0 saturated heterocycles. The number of ether oxygens (including phenoxy) is 1. The molecule has 0 saturated carbocycles. The van der Waals surface area contributed by atoms with E-state index >= 15 is 0 Å². The quantitative estimate of drug-likeness (QED) is 0.668. The topological polar surface area (TPSA) is 50.7 Å². The summed E-state index contributed by atoms with van der Waals surface area (Å²) in [4.78, 5) is 11.9. The molecule has 4 nitrogen and oxygen atoms in total. The van der Waals surface area contributed by atoms with Crippen molar-refractivity contribution in [2.24, 2.45) is 5.10 Å². The molecule has 0 aromatic heterocycles. The van der Waals surface area contributed by atoms with Crippen LogP contribution in [-0.4, -0.2) is 19.2 Å². The predicted octanol–water partition coefficient (Wildman–Crippen LogP) is 3.69. The van der Waals surface area contributed by atoms with Gasteiger partial charge in [0.2, 0.25) is 5.91 Å². The van der Waals surface area contributed by atoms with Gasteiger partial charge in [-0.15, -0.1) is 0 Å². The first-order valence-electron chi connectivity index (χ1n) is 6.48. The zero-order valence-corrected chi connectivity index (χ0v) is 13.4. The number of carbonyl (C=O) groups excluding carboxylic acids is 1. The number of carbonyl (C=O) groups is 1. The van der Waals surface area contributed by atoms with Crippen LogP contribution in [0.4, 0.5) is 0 Å². The molecule has 22 heavy (non-hydrogen) atoms. The van der Waals surface area contributed by atoms with E-state index in [1.165, 1.54) is 6.21 Å². The minimum Gasteiger partial charge on any atom is -0.496 e. The maximum atomic E-state index is 11.9. The second-order valence-electron chi connectivity index (χ2n) is 4.48. The Morgan fingerprint density at radius 1 is 1.23 bits per heavy atom. The average Bonchev–Trinajstić information content (AvgIpc) is 2.46. The van der Waals surface area contributed by atoms with E-state index in [0.29, 0.717) is 21.4 Å². The summed E-state index contributed by atoms with van der Waals surface area (Å²) in [5.74, 6) is 0.428. The van der Waals surface area contributed by atoms with E-state index in [1.807, 2.05) is 18.2 Å². The summed E-state index contributed by atoms with van der Waals surface area (Å²) < 4.78 is 5.20. The van der Waals surface area contributed by atoms with Crippen molar-refractivity contribution >= 4 is 35.3 Å². The summed E-state index contributed by atoms with van der Waals surface area (Å²) in [6, 6.07) is 12.4. The number of nitrogens with zero attached hydrogens (tertiary/aromatic N) is 1. The van der Waals surface area contributed by atoms with Gasteiger partial charge in [0.25, 0.3) is 0 Å². The van der Waals surface area contributed by atoms with Gasteiger partial charge >= 0.3 is 0 Å². The lowest BCUT2D eigenvalue weighted by atomic mass is 10.1. The van der Waals surface area contributed by atoms with Crippen molar-refractivity contribution in [3.05, 3.63) is 63.6 Å². The molecular formula is C16H14Cl2N2O2. The van der Waals surface area contributed by atoms with Crippen molar-refractivity contribution in [3.63, 3.8) is 0 Å². The van der Waals surface area contributed by atoms with Crippen molar-refractivity contribution in [3.8, 4) is 5.75 Å². The smallest absolute Gasteiger partial charge is 0.244 e. The van der Waals surface area contributed by atoms with Crippen LogP contribution in [0.1, 0.15) is 11.1 Å². The highest BCUT2D eigenvalue weighted by Gasteiger charge is 2.07. The summed E-state index contributed by atoms with van der Waals surface area (Å²) >= 11 is 11.8. The largest absolute Gasteiger partial charge is 0.496 e. The summed E-state index contributed by atoms with van der Waals surface area (Å²) in [5, 5.41) is 4.91. The van der Waals surface area contributed by atoms with Gasteiger partial charge in [-0.2, -0.15) is 5.10 Å². The number of hydrazone groups is 1. The van der Waals surface area contributed by atoms with Gasteiger partial charge in [0, 0.05) is 15.6 Å². The van der Waals surface area contributed by atoms with Gasteiger partial charge in [-0.25, -0.2) is 5.43 Å². The van der Waals surface area contributed by atoms with E-state index in [2.05, 4.69) is 10.5 Å². The van der Waals surface area contributed by atoms with E-state index in [9.17, 15) is 4.79 Å². The Labute approximate surface area is 138 Å². The molecule has 114 valence electrons. The predicted molar refractivity (Wildman–Crippen MR) is 88.9 cm³/mol. The highest BCUT2D eigenvalue weighted by Crippen LogP contribution is 2.18. The van der Waals surface area contributed by atoms with Crippen LogP contribution in [0, 0.1) is 0 Å². The molecule has 0 aliphatic heterocycles. The minimum atomic E-state index is -0.242. The van der Waals surface area contributed by atoms with Crippen molar-refractivity contribution < 1.29 is 9.53 Å². The summed E-state index contributed by atoms with van der Waals surface area (Å²) in [6.07, 6.45) is 1.66. The van der Waals surface area contributed by atoms with Crippen LogP contribution in [0.25, 0.3) is 0 Å². The van der Waals surface area contributed by atoms with Gasteiger partial charge in [-0.05, 0) is 29.8 Å². The average molecular weight is 337 g/mol. The molecule has 0 radical (unpaired) electrons. The first-order chi connectivity index (χ1) is 10.6. The van der Waals surface area contributed by atoms with Gasteiger partial charge in [-0.1, -0.05) is 41.4 Å². The van der Waals surface area contributed by atoms with E-state index in [-0.39, 0.29) is 12.3 Å². The second kappa shape index (κ2) is 7.82. The number of para-hydroxylation sites is 1. The molecule has 1 amide bonds. The van der Waals surface area contributed by atoms with Crippen LogP contribution in [0.5, 0.6) is 5.75 Å². The molecule has 2 rings (SSSR count). The van der Waals surface area contributed by atoms with E-state index in [4.69, 9.17) is 27.9 Å². The zero-order chi connectivity index (χ0) is 15.9. The number of amides is 1. The highest BCUT2D eigenvalue weighted by molar-refractivity contribution is 6.35. The van der Waals surface area contributed by atoms with Crippen molar-refractivity contribution in [1.82, 2.24) is 5.43 Å². The molecule has 0 heterocycles. The lowest BCUT2D eigenvalue weighted by Crippen LogP contribution is -2.20. The Morgan fingerprint density at radius 2 is 1.91 bits per heavy atom. The number of hydrogen-bond donors (Lipinski definition) is 1. The van der Waals surface area contributed by atoms with Gasteiger partial charge in [0.05, 0.1) is 19.7 Å². The first-order valence-corrected chi connectivity index (χ1v) is 7.24. The molecular weight excluding hydrogens is 323 g/mol. The van der Waals surface area contributed by atoms with Crippen molar-refractivity contribution in [1.29, 1.82) is 0 Å². The van der Waals surface area contributed by atoms with Gasteiger partial charge in [-0.3, -0.25) is 4.79 Å². The summed E-state index contributed by atoms with van der Waals surface area (Å²) in [5.41, 5.74) is 3.96. The molecule has 1 N–H and O–H groups in total. The molecule has 6 heteroatoms. The zero-order valence-electron chi connectivity index (χ0n) is 11.8. The van der Waals surface area contributed by atoms with Crippen molar-refractivity contribution in [2.45, 2.75) is 6.42 Å². The van der Waals surface area contributed by atoms with Gasteiger partial charge < -0.3 is 4.74 Å². The fraction of sp³-hybridized carbons (Fsp3) is 0.125.